The van der Waals surface area contributed by atoms with Crippen LogP contribution in [0.2, 0.25) is 0 Å². The van der Waals surface area contributed by atoms with E-state index in [0.29, 0.717) is 18.2 Å². The number of anilines is 1. The van der Waals surface area contributed by atoms with Crippen molar-refractivity contribution < 1.29 is 14.3 Å². The SMILES string of the molecule is CC1OCc2cccc(Oc3ccc(NC(=O)CN)cn3)c21. The van der Waals surface area contributed by atoms with Crippen LogP contribution in [0.3, 0.4) is 0 Å². The quantitative estimate of drug-likeness (QED) is 0.905. The van der Waals surface area contributed by atoms with E-state index in [1.807, 2.05) is 25.1 Å². The van der Waals surface area contributed by atoms with Crippen LogP contribution in [0.25, 0.3) is 0 Å². The monoisotopic (exact) mass is 299 g/mol. The minimum absolute atomic E-state index is 0.00863. The highest BCUT2D eigenvalue weighted by Crippen LogP contribution is 2.38. The van der Waals surface area contributed by atoms with Crippen molar-refractivity contribution in [2.75, 3.05) is 11.9 Å². The third kappa shape index (κ3) is 2.93. The number of hydrogen-bond acceptors (Lipinski definition) is 5. The summed E-state index contributed by atoms with van der Waals surface area (Å²) in [4.78, 5) is 15.4. The van der Waals surface area contributed by atoms with Gasteiger partial charge in [0, 0.05) is 11.6 Å². The van der Waals surface area contributed by atoms with E-state index in [4.69, 9.17) is 15.2 Å². The van der Waals surface area contributed by atoms with E-state index in [1.54, 1.807) is 12.1 Å². The van der Waals surface area contributed by atoms with E-state index in [2.05, 4.69) is 10.3 Å². The Balaban J connectivity index is 1.77. The summed E-state index contributed by atoms with van der Waals surface area (Å²) in [6, 6.07) is 9.29. The number of fused-ring (bicyclic) bond motifs is 1. The summed E-state index contributed by atoms with van der Waals surface area (Å²) < 4.78 is 11.5. The van der Waals surface area contributed by atoms with Crippen LogP contribution < -0.4 is 15.8 Å². The third-order valence-corrected chi connectivity index (χ3v) is 3.47. The molecule has 2 aromatic rings. The summed E-state index contributed by atoms with van der Waals surface area (Å²) in [7, 11) is 0. The van der Waals surface area contributed by atoms with Gasteiger partial charge in [0.2, 0.25) is 11.8 Å². The maximum Gasteiger partial charge on any atom is 0.238 e. The molecule has 0 saturated carbocycles. The van der Waals surface area contributed by atoms with Crippen LogP contribution in [0.4, 0.5) is 5.69 Å². The third-order valence-electron chi connectivity index (χ3n) is 3.47. The second-order valence-corrected chi connectivity index (χ2v) is 5.02. The number of nitrogens with one attached hydrogen (secondary N) is 1. The lowest BCUT2D eigenvalue weighted by molar-refractivity contribution is -0.114. The molecule has 6 nitrogen and oxygen atoms in total. The molecule has 1 unspecified atom stereocenters. The number of hydrogen-bond donors (Lipinski definition) is 2. The minimum atomic E-state index is -0.262. The van der Waals surface area contributed by atoms with E-state index < -0.39 is 0 Å². The molecule has 0 aliphatic carbocycles. The molecule has 1 amide bonds. The van der Waals surface area contributed by atoms with Crippen LogP contribution in [0.1, 0.15) is 24.2 Å². The van der Waals surface area contributed by atoms with Gasteiger partial charge in [-0.25, -0.2) is 4.98 Å². The number of carbonyl (C=O) groups is 1. The van der Waals surface area contributed by atoms with Gasteiger partial charge in [-0.3, -0.25) is 4.79 Å². The number of aromatic nitrogens is 1. The van der Waals surface area contributed by atoms with Crippen molar-refractivity contribution in [1.29, 1.82) is 0 Å². The van der Waals surface area contributed by atoms with Crippen LogP contribution in [-0.4, -0.2) is 17.4 Å². The molecule has 0 spiro atoms. The Labute approximate surface area is 128 Å². The minimum Gasteiger partial charge on any atom is -0.439 e. The molecule has 1 aromatic heterocycles. The fourth-order valence-electron chi connectivity index (χ4n) is 2.40. The zero-order valence-electron chi connectivity index (χ0n) is 12.2. The van der Waals surface area contributed by atoms with Crippen LogP contribution in [0.15, 0.2) is 36.5 Å². The predicted octanol–water partition coefficient (Wildman–Crippen LogP) is 2.36. The average molecular weight is 299 g/mol. The second kappa shape index (κ2) is 6.13. The Morgan fingerprint density at radius 1 is 1.45 bits per heavy atom. The molecule has 1 aliphatic rings. The van der Waals surface area contributed by atoms with Crippen molar-refractivity contribution >= 4 is 11.6 Å². The maximum atomic E-state index is 11.2. The van der Waals surface area contributed by atoms with E-state index in [-0.39, 0.29) is 18.6 Å². The molecular weight excluding hydrogens is 282 g/mol. The molecule has 3 N–H and O–H groups in total. The van der Waals surface area contributed by atoms with Gasteiger partial charge in [0.15, 0.2) is 0 Å². The molecule has 0 fully saturated rings. The smallest absolute Gasteiger partial charge is 0.238 e. The number of amides is 1. The fourth-order valence-corrected chi connectivity index (χ4v) is 2.40. The van der Waals surface area contributed by atoms with E-state index in [9.17, 15) is 4.79 Å². The van der Waals surface area contributed by atoms with E-state index in [0.717, 1.165) is 16.9 Å². The lowest BCUT2D eigenvalue weighted by atomic mass is 10.1. The molecule has 1 atom stereocenters. The molecule has 6 heteroatoms. The van der Waals surface area contributed by atoms with Gasteiger partial charge in [0.1, 0.15) is 5.75 Å². The highest BCUT2D eigenvalue weighted by atomic mass is 16.5. The number of nitrogens with two attached hydrogens (primary N) is 1. The van der Waals surface area contributed by atoms with Gasteiger partial charge in [-0.1, -0.05) is 12.1 Å². The zero-order valence-corrected chi connectivity index (χ0v) is 12.2. The average Bonchev–Trinajstić information content (AvgIpc) is 2.92. The first-order valence-electron chi connectivity index (χ1n) is 7.04. The largest absolute Gasteiger partial charge is 0.439 e. The molecular formula is C16H17N3O3. The van der Waals surface area contributed by atoms with Crippen LogP contribution in [0.5, 0.6) is 11.6 Å². The van der Waals surface area contributed by atoms with E-state index in [1.165, 1.54) is 6.20 Å². The van der Waals surface area contributed by atoms with Crippen molar-refractivity contribution in [3.8, 4) is 11.6 Å². The van der Waals surface area contributed by atoms with Gasteiger partial charge in [-0.05, 0) is 24.6 Å². The highest BCUT2D eigenvalue weighted by Gasteiger charge is 2.23. The maximum absolute atomic E-state index is 11.2. The number of benzene rings is 1. The van der Waals surface area contributed by atoms with Gasteiger partial charge in [0.25, 0.3) is 0 Å². The van der Waals surface area contributed by atoms with Crippen molar-refractivity contribution in [3.05, 3.63) is 47.7 Å². The number of nitrogens with zero attached hydrogens (tertiary/aromatic N) is 1. The van der Waals surface area contributed by atoms with Gasteiger partial charge in [-0.15, -0.1) is 0 Å². The van der Waals surface area contributed by atoms with Gasteiger partial charge >= 0.3 is 0 Å². The topological polar surface area (TPSA) is 86.5 Å². The number of ether oxygens (including phenoxy) is 2. The Kier molecular flexibility index (Phi) is 4.04. The van der Waals surface area contributed by atoms with E-state index >= 15 is 0 Å². The van der Waals surface area contributed by atoms with Crippen LogP contribution in [0, 0.1) is 0 Å². The Hall–Kier alpha value is -2.44. The summed E-state index contributed by atoms with van der Waals surface area (Å²) in [6.07, 6.45) is 1.54. The van der Waals surface area contributed by atoms with Crippen LogP contribution in [-0.2, 0) is 16.1 Å². The number of pyridine rings is 1. The Morgan fingerprint density at radius 3 is 3.05 bits per heavy atom. The molecule has 114 valence electrons. The molecule has 1 aromatic carbocycles. The van der Waals surface area contributed by atoms with Gasteiger partial charge in [0.05, 0.1) is 31.1 Å². The molecule has 3 rings (SSSR count). The highest BCUT2D eigenvalue weighted by molar-refractivity contribution is 5.91. The number of rotatable bonds is 4. The summed E-state index contributed by atoms with van der Waals surface area (Å²) in [5, 5.41) is 2.63. The first-order chi connectivity index (χ1) is 10.7. The summed E-state index contributed by atoms with van der Waals surface area (Å²) in [6.45, 7) is 2.54. The Morgan fingerprint density at radius 2 is 2.32 bits per heavy atom. The zero-order chi connectivity index (χ0) is 15.5. The summed E-state index contributed by atoms with van der Waals surface area (Å²) in [5.41, 5.74) is 8.03. The molecule has 22 heavy (non-hydrogen) atoms. The molecule has 0 bridgehead atoms. The standard InChI is InChI=1S/C16H17N3O3/c1-10-16-11(9-21-10)3-2-4-13(16)22-15-6-5-12(8-18-15)19-14(20)7-17/h2-6,8,10H,7,9,17H2,1H3,(H,19,20). The van der Waals surface area contributed by atoms with Crippen molar-refractivity contribution in [1.82, 2.24) is 4.98 Å². The lowest BCUT2D eigenvalue weighted by Gasteiger charge is -2.12. The molecule has 2 heterocycles. The second-order valence-electron chi connectivity index (χ2n) is 5.02. The first-order valence-corrected chi connectivity index (χ1v) is 7.04. The van der Waals surface area contributed by atoms with Crippen molar-refractivity contribution in [2.45, 2.75) is 19.6 Å². The lowest BCUT2D eigenvalue weighted by Crippen LogP contribution is -2.21. The number of carbonyl (C=O) groups excluding carboxylic acids is 1. The predicted molar refractivity (Wildman–Crippen MR) is 81.6 cm³/mol. The van der Waals surface area contributed by atoms with Crippen molar-refractivity contribution in [2.24, 2.45) is 5.73 Å². The summed E-state index contributed by atoms with van der Waals surface area (Å²) in [5.74, 6) is 0.939. The van der Waals surface area contributed by atoms with Gasteiger partial charge < -0.3 is 20.5 Å². The van der Waals surface area contributed by atoms with Gasteiger partial charge in [-0.2, -0.15) is 0 Å². The normalized spacial score (nSPS) is 16.2. The molecule has 0 radical (unpaired) electrons. The molecule has 1 aliphatic heterocycles. The fraction of sp³-hybridized carbons (Fsp3) is 0.250. The van der Waals surface area contributed by atoms with Crippen molar-refractivity contribution in [3.63, 3.8) is 0 Å². The summed E-state index contributed by atoms with van der Waals surface area (Å²) >= 11 is 0. The first kappa shape index (κ1) is 14.5. The Bertz CT molecular complexity index is 686. The molecule has 0 saturated heterocycles. The van der Waals surface area contributed by atoms with Crippen LogP contribution >= 0.6 is 0 Å².